The van der Waals surface area contributed by atoms with Crippen LogP contribution in [-0.2, 0) is 20.0 Å². The molecule has 0 atom stereocenters. The third-order valence-corrected chi connectivity index (χ3v) is 7.91. The smallest absolute Gasteiger partial charge is 0.262 e. The third-order valence-electron chi connectivity index (χ3n) is 4.52. The van der Waals surface area contributed by atoms with Gasteiger partial charge in [-0.25, -0.2) is 16.8 Å². The van der Waals surface area contributed by atoms with E-state index >= 15 is 0 Å². The van der Waals surface area contributed by atoms with Crippen molar-refractivity contribution >= 4 is 31.4 Å². The van der Waals surface area contributed by atoms with E-state index in [-0.39, 0.29) is 10.6 Å². The fourth-order valence-corrected chi connectivity index (χ4v) is 6.06. The minimum Gasteiger partial charge on any atom is -0.494 e. The van der Waals surface area contributed by atoms with E-state index in [2.05, 4.69) is 4.72 Å². The Kier molecular flexibility index (Phi) is 5.85. The Hall–Kier alpha value is -2.26. The van der Waals surface area contributed by atoms with Crippen molar-refractivity contribution in [1.29, 1.82) is 0 Å². The van der Waals surface area contributed by atoms with Crippen LogP contribution < -0.4 is 13.8 Å². The van der Waals surface area contributed by atoms with Gasteiger partial charge in [0.25, 0.3) is 10.0 Å². The Labute approximate surface area is 166 Å². The van der Waals surface area contributed by atoms with Crippen LogP contribution in [0.1, 0.15) is 25.3 Å². The zero-order valence-corrected chi connectivity index (χ0v) is 17.5. The van der Waals surface area contributed by atoms with E-state index in [1.54, 1.807) is 43.3 Å². The molecule has 152 valence electrons. The molecule has 0 radical (unpaired) electrons. The van der Waals surface area contributed by atoms with Gasteiger partial charge in [0.15, 0.2) is 0 Å². The summed E-state index contributed by atoms with van der Waals surface area (Å²) in [5.74, 6) is 0.729. The minimum atomic E-state index is -3.88. The second-order valence-electron chi connectivity index (χ2n) is 6.61. The summed E-state index contributed by atoms with van der Waals surface area (Å²) in [6, 6.07) is 11.3. The maximum absolute atomic E-state index is 12.9. The van der Waals surface area contributed by atoms with Gasteiger partial charge >= 0.3 is 0 Å². The Bertz CT molecular complexity index is 1050. The van der Waals surface area contributed by atoms with Crippen LogP contribution in [0.15, 0.2) is 47.4 Å². The second kappa shape index (κ2) is 8.00. The molecule has 1 aliphatic rings. The molecule has 1 fully saturated rings. The molecule has 3 rings (SSSR count). The van der Waals surface area contributed by atoms with Crippen LogP contribution in [0.5, 0.6) is 5.75 Å². The Morgan fingerprint density at radius 3 is 2.46 bits per heavy atom. The lowest BCUT2D eigenvalue weighted by atomic mass is 10.2. The van der Waals surface area contributed by atoms with Gasteiger partial charge in [-0.05, 0) is 68.7 Å². The summed E-state index contributed by atoms with van der Waals surface area (Å²) in [7, 11) is -7.30. The average Bonchev–Trinajstić information content (AvgIpc) is 2.63. The number of rotatable bonds is 6. The van der Waals surface area contributed by atoms with Crippen LogP contribution in [0.3, 0.4) is 0 Å². The van der Waals surface area contributed by atoms with Crippen molar-refractivity contribution < 1.29 is 21.6 Å². The fraction of sp³-hybridized carbons (Fsp3) is 0.368. The molecular formula is C19H24N2O5S2. The normalized spacial score (nSPS) is 16.6. The van der Waals surface area contributed by atoms with E-state index in [9.17, 15) is 16.8 Å². The highest BCUT2D eigenvalue weighted by atomic mass is 32.2. The van der Waals surface area contributed by atoms with Crippen molar-refractivity contribution in [1.82, 2.24) is 0 Å². The second-order valence-corrected chi connectivity index (χ2v) is 10.3. The van der Waals surface area contributed by atoms with E-state index in [0.29, 0.717) is 42.3 Å². The first kappa shape index (κ1) is 20.5. The number of hydrogen-bond donors (Lipinski definition) is 1. The van der Waals surface area contributed by atoms with Crippen molar-refractivity contribution in [2.45, 2.75) is 31.6 Å². The molecule has 0 amide bonds. The first-order chi connectivity index (χ1) is 13.2. The number of benzene rings is 2. The van der Waals surface area contributed by atoms with Crippen molar-refractivity contribution in [2.24, 2.45) is 0 Å². The number of nitrogens with zero attached hydrogens (tertiary/aromatic N) is 1. The zero-order valence-electron chi connectivity index (χ0n) is 15.9. The lowest BCUT2D eigenvalue weighted by molar-refractivity contribution is 0.340. The van der Waals surface area contributed by atoms with Gasteiger partial charge in [-0.2, -0.15) is 0 Å². The summed E-state index contributed by atoms with van der Waals surface area (Å²) >= 11 is 0. The number of anilines is 2. The maximum atomic E-state index is 12.9. The molecule has 9 heteroatoms. The van der Waals surface area contributed by atoms with Crippen molar-refractivity contribution in [2.75, 3.05) is 27.9 Å². The first-order valence-corrected chi connectivity index (χ1v) is 12.2. The highest BCUT2D eigenvalue weighted by Crippen LogP contribution is 2.29. The lowest BCUT2D eigenvalue weighted by Crippen LogP contribution is -2.38. The molecule has 0 spiro atoms. The third kappa shape index (κ3) is 4.41. The van der Waals surface area contributed by atoms with Gasteiger partial charge in [-0.3, -0.25) is 9.03 Å². The standard InChI is InChI=1S/C19H24N2O5S2/c1-3-26-18-10-7-16(8-11-18)20-28(24,25)19-14-17(9-6-15(19)2)21-12-4-5-13-27(21,22)23/h6-11,14,20H,3-5,12-13H2,1-2H3. The van der Waals surface area contributed by atoms with Crippen LogP contribution in [0.25, 0.3) is 0 Å². The maximum Gasteiger partial charge on any atom is 0.262 e. The molecule has 0 aliphatic carbocycles. The van der Waals surface area contributed by atoms with Crippen molar-refractivity contribution in [3.63, 3.8) is 0 Å². The minimum absolute atomic E-state index is 0.0552. The van der Waals surface area contributed by atoms with E-state index in [0.717, 1.165) is 6.42 Å². The van der Waals surface area contributed by atoms with Crippen LogP contribution in [0, 0.1) is 6.92 Å². The van der Waals surface area contributed by atoms with E-state index < -0.39 is 20.0 Å². The monoisotopic (exact) mass is 424 g/mol. The molecule has 2 aromatic carbocycles. The molecule has 7 nitrogen and oxygen atoms in total. The van der Waals surface area contributed by atoms with Gasteiger partial charge in [-0.15, -0.1) is 0 Å². The molecule has 1 aliphatic heterocycles. The molecule has 0 aromatic heterocycles. The summed E-state index contributed by atoms with van der Waals surface area (Å²) < 4.78 is 59.7. The molecule has 1 N–H and O–H groups in total. The molecular weight excluding hydrogens is 400 g/mol. The molecule has 2 aromatic rings. The Morgan fingerprint density at radius 2 is 1.82 bits per heavy atom. The number of nitrogens with one attached hydrogen (secondary N) is 1. The Balaban J connectivity index is 1.91. The van der Waals surface area contributed by atoms with Crippen molar-refractivity contribution in [3.05, 3.63) is 48.0 Å². The van der Waals surface area contributed by atoms with Crippen molar-refractivity contribution in [3.8, 4) is 5.75 Å². The quantitative estimate of drug-likeness (QED) is 0.769. The van der Waals surface area contributed by atoms with Crippen LogP contribution in [0.4, 0.5) is 11.4 Å². The van der Waals surface area contributed by atoms with E-state index in [1.807, 2.05) is 6.92 Å². The molecule has 0 saturated carbocycles. The molecule has 0 bridgehead atoms. The van der Waals surface area contributed by atoms with Crippen LogP contribution in [0.2, 0.25) is 0 Å². The topological polar surface area (TPSA) is 92.8 Å². The van der Waals surface area contributed by atoms with E-state index in [4.69, 9.17) is 4.74 Å². The average molecular weight is 425 g/mol. The zero-order chi connectivity index (χ0) is 20.4. The summed E-state index contributed by atoms with van der Waals surface area (Å²) in [6.07, 6.45) is 1.37. The molecule has 0 unspecified atom stereocenters. The molecule has 1 saturated heterocycles. The van der Waals surface area contributed by atoms with Gasteiger partial charge < -0.3 is 4.74 Å². The number of ether oxygens (including phenoxy) is 1. The number of aryl methyl sites for hydroxylation is 1. The van der Waals surface area contributed by atoms with Gasteiger partial charge in [0.05, 0.1) is 22.9 Å². The lowest BCUT2D eigenvalue weighted by Gasteiger charge is -2.28. The fourth-order valence-electron chi connectivity index (χ4n) is 3.11. The highest BCUT2D eigenvalue weighted by molar-refractivity contribution is 7.93. The van der Waals surface area contributed by atoms with E-state index in [1.165, 1.54) is 10.4 Å². The number of hydrogen-bond acceptors (Lipinski definition) is 5. The number of sulfonamides is 2. The van der Waals surface area contributed by atoms with Gasteiger partial charge in [-0.1, -0.05) is 6.07 Å². The predicted molar refractivity (Wildman–Crippen MR) is 110 cm³/mol. The predicted octanol–water partition coefficient (Wildman–Crippen LogP) is 3.12. The largest absolute Gasteiger partial charge is 0.494 e. The molecule has 28 heavy (non-hydrogen) atoms. The van der Waals surface area contributed by atoms with Crippen LogP contribution >= 0.6 is 0 Å². The first-order valence-electron chi connectivity index (χ1n) is 9.10. The van der Waals surface area contributed by atoms with Gasteiger partial charge in [0.1, 0.15) is 5.75 Å². The SMILES string of the molecule is CCOc1ccc(NS(=O)(=O)c2cc(N3CCCCS3(=O)=O)ccc2C)cc1. The summed E-state index contributed by atoms with van der Waals surface area (Å²) in [6.45, 7) is 4.43. The van der Waals surface area contributed by atoms with Gasteiger partial charge in [0.2, 0.25) is 10.0 Å². The summed E-state index contributed by atoms with van der Waals surface area (Å²) in [5, 5.41) is 0. The summed E-state index contributed by atoms with van der Waals surface area (Å²) in [5.41, 5.74) is 1.31. The van der Waals surface area contributed by atoms with Gasteiger partial charge in [0, 0.05) is 12.2 Å². The highest BCUT2D eigenvalue weighted by Gasteiger charge is 2.27. The molecule has 1 heterocycles. The summed E-state index contributed by atoms with van der Waals surface area (Å²) in [4.78, 5) is 0.0552. The van der Waals surface area contributed by atoms with Crippen LogP contribution in [-0.4, -0.2) is 35.7 Å². The Morgan fingerprint density at radius 1 is 1.11 bits per heavy atom.